The Bertz CT molecular complexity index is 1010. The molecular formula is C18H24N6OS2. The predicted octanol–water partition coefficient (Wildman–Crippen LogP) is 2.90. The molecule has 1 saturated heterocycles. The van der Waals surface area contributed by atoms with Crippen LogP contribution in [0.15, 0.2) is 4.79 Å². The van der Waals surface area contributed by atoms with E-state index in [4.69, 9.17) is 4.98 Å². The lowest BCUT2D eigenvalue weighted by Gasteiger charge is -2.33. The van der Waals surface area contributed by atoms with Crippen LogP contribution < -0.4 is 10.5 Å². The smallest absolute Gasteiger partial charge is 0.259 e. The highest BCUT2D eigenvalue weighted by Crippen LogP contribution is 2.26. The molecule has 1 N–H and O–H groups in total. The predicted molar refractivity (Wildman–Crippen MR) is 111 cm³/mol. The van der Waals surface area contributed by atoms with Crippen molar-refractivity contribution in [3.05, 3.63) is 32.4 Å². The molecule has 0 aromatic carbocycles. The number of H-pyrrole nitrogens is 1. The molecule has 0 spiro atoms. The van der Waals surface area contributed by atoms with Gasteiger partial charge in [0.2, 0.25) is 5.13 Å². The van der Waals surface area contributed by atoms with Gasteiger partial charge in [-0.2, -0.15) is 4.37 Å². The zero-order chi connectivity index (χ0) is 19.1. The topological polar surface area (TPSA) is 78.0 Å². The summed E-state index contributed by atoms with van der Waals surface area (Å²) in [7, 11) is 0. The van der Waals surface area contributed by atoms with E-state index in [9.17, 15) is 4.79 Å². The summed E-state index contributed by atoms with van der Waals surface area (Å²) in [6.45, 7) is 12.6. The zero-order valence-corrected chi connectivity index (χ0v) is 17.7. The maximum atomic E-state index is 12.4. The number of piperazine rings is 1. The molecule has 27 heavy (non-hydrogen) atoms. The third kappa shape index (κ3) is 3.63. The van der Waals surface area contributed by atoms with Crippen molar-refractivity contribution in [2.24, 2.45) is 0 Å². The third-order valence-electron chi connectivity index (χ3n) is 5.05. The molecular weight excluding hydrogens is 380 g/mol. The summed E-state index contributed by atoms with van der Waals surface area (Å²) >= 11 is 3.08. The summed E-state index contributed by atoms with van der Waals surface area (Å²) in [6, 6.07) is 0. The quantitative estimate of drug-likeness (QED) is 0.720. The van der Waals surface area contributed by atoms with Crippen molar-refractivity contribution in [2.75, 3.05) is 31.1 Å². The molecule has 4 rings (SSSR count). The maximum Gasteiger partial charge on any atom is 0.259 e. The van der Waals surface area contributed by atoms with Gasteiger partial charge in [-0.3, -0.25) is 9.69 Å². The number of aromatic nitrogens is 4. The summed E-state index contributed by atoms with van der Waals surface area (Å²) < 4.78 is 4.45. The summed E-state index contributed by atoms with van der Waals surface area (Å²) in [5.74, 6) is 2.04. The minimum atomic E-state index is -0.0226. The van der Waals surface area contributed by atoms with Crippen molar-refractivity contribution in [3.63, 3.8) is 0 Å². The van der Waals surface area contributed by atoms with E-state index in [0.29, 0.717) is 12.5 Å². The Labute approximate surface area is 166 Å². The first-order valence-electron chi connectivity index (χ1n) is 9.22. The molecule has 9 heteroatoms. The summed E-state index contributed by atoms with van der Waals surface area (Å²) in [4.78, 5) is 31.4. The molecule has 0 bridgehead atoms. The van der Waals surface area contributed by atoms with Crippen LogP contribution in [0.3, 0.4) is 0 Å². The Hall–Kier alpha value is -1.84. The number of rotatable bonds is 4. The first-order valence-corrected chi connectivity index (χ1v) is 10.8. The van der Waals surface area contributed by atoms with Gasteiger partial charge in [0.25, 0.3) is 5.56 Å². The van der Waals surface area contributed by atoms with Crippen LogP contribution in [0, 0.1) is 13.8 Å². The minimum absolute atomic E-state index is 0.0226. The molecule has 7 nitrogen and oxygen atoms in total. The van der Waals surface area contributed by atoms with Gasteiger partial charge < -0.3 is 9.88 Å². The second-order valence-electron chi connectivity index (χ2n) is 7.33. The second-order valence-corrected chi connectivity index (χ2v) is 9.26. The van der Waals surface area contributed by atoms with E-state index in [1.807, 2.05) is 13.8 Å². The normalized spacial score (nSPS) is 16.0. The molecule has 0 amide bonds. The SMILES string of the molecule is Cc1sc2nc(CN3CCN(c4nc(C(C)C)ns4)CC3)[nH]c(=O)c2c1C. The van der Waals surface area contributed by atoms with Crippen LogP contribution in [-0.4, -0.2) is 50.4 Å². The van der Waals surface area contributed by atoms with E-state index in [0.717, 1.165) is 63.6 Å². The standard InChI is InChI=1S/C18H24N6OS2/c1-10(2)15-21-18(27-22-15)24-7-5-23(6-8-24)9-13-19-16(25)14-11(3)12(4)26-17(14)20-13/h10H,5-9H2,1-4H3,(H,19,20,25). The van der Waals surface area contributed by atoms with Crippen molar-refractivity contribution in [3.8, 4) is 0 Å². The van der Waals surface area contributed by atoms with Gasteiger partial charge in [-0.25, -0.2) is 9.97 Å². The van der Waals surface area contributed by atoms with Crippen molar-refractivity contribution >= 4 is 38.2 Å². The maximum absolute atomic E-state index is 12.4. The molecule has 0 unspecified atom stereocenters. The summed E-state index contributed by atoms with van der Waals surface area (Å²) in [5, 5.41) is 1.75. The summed E-state index contributed by atoms with van der Waals surface area (Å²) in [6.07, 6.45) is 0. The van der Waals surface area contributed by atoms with Crippen LogP contribution >= 0.6 is 22.9 Å². The largest absolute Gasteiger partial charge is 0.344 e. The van der Waals surface area contributed by atoms with Crippen LogP contribution in [0.25, 0.3) is 10.2 Å². The van der Waals surface area contributed by atoms with Crippen LogP contribution in [0.5, 0.6) is 0 Å². The number of nitrogens with one attached hydrogen (secondary N) is 1. The Balaban J connectivity index is 1.43. The number of hydrogen-bond donors (Lipinski definition) is 1. The fourth-order valence-corrected chi connectivity index (χ4v) is 5.18. The molecule has 4 heterocycles. The van der Waals surface area contributed by atoms with Gasteiger partial charge in [0.1, 0.15) is 16.5 Å². The van der Waals surface area contributed by atoms with Crippen LogP contribution in [0.1, 0.15) is 41.9 Å². The highest BCUT2D eigenvalue weighted by molar-refractivity contribution is 7.18. The molecule has 0 atom stereocenters. The van der Waals surface area contributed by atoms with Gasteiger partial charge >= 0.3 is 0 Å². The first kappa shape index (κ1) is 18.5. The molecule has 0 saturated carbocycles. The van der Waals surface area contributed by atoms with Crippen LogP contribution in [0.4, 0.5) is 5.13 Å². The van der Waals surface area contributed by atoms with Gasteiger partial charge in [-0.05, 0) is 19.4 Å². The van der Waals surface area contributed by atoms with Crippen molar-refractivity contribution in [2.45, 2.75) is 40.2 Å². The van der Waals surface area contributed by atoms with Gasteiger partial charge in [-0.15, -0.1) is 11.3 Å². The fourth-order valence-electron chi connectivity index (χ4n) is 3.27. The number of nitrogens with zero attached hydrogens (tertiary/aromatic N) is 5. The molecule has 1 aliphatic rings. The van der Waals surface area contributed by atoms with Crippen molar-refractivity contribution in [1.82, 2.24) is 24.2 Å². The highest BCUT2D eigenvalue weighted by atomic mass is 32.1. The van der Waals surface area contributed by atoms with E-state index in [-0.39, 0.29) is 5.56 Å². The number of aryl methyl sites for hydroxylation is 2. The molecule has 1 fully saturated rings. The Morgan fingerprint density at radius 3 is 2.56 bits per heavy atom. The van der Waals surface area contributed by atoms with Gasteiger partial charge in [0.15, 0.2) is 0 Å². The zero-order valence-electron chi connectivity index (χ0n) is 16.1. The molecule has 3 aromatic rings. The minimum Gasteiger partial charge on any atom is -0.344 e. The number of anilines is 1. The highest BCUT2D eigenvalue weighted by Gasteiger charge is 2.22. The lowest BCUT2D eigenvalue weighted by atomic mass is 10.2. The Morgan fingerprint density at radius 2 is 1.89 bits per heavy atom. The molecule has 1 aliphatic heterocycles. The number of thiophene rings is 1. The lowest BCUT2D eigenvalue weighted by molar-refractivity contribution is 0.244. The number of hydrogen-bond acceptors (Lipinski definition) is 8. The lowest BCUT2D eigenvalue weighted by Crippen LogP contribution is -2.46. The van der Waals surface area contributed by atoms with E-state index >= 15 is 0 Å². The van der Waals surface area contributed by atoms with Crippen molar-refractivity contribution in [1.29, 1.82) is 0 Å². The van der Waals surface area contributed by atoms with Crippen LogP contribution in [-0.2, 0) is 6.54 Å². The van der Waals surface area contributed by atoms with E-state index in [1.54, 1.807) is 11.3 Å². The second kappa shape index (κ2) is 7.29. The molecule has 0 aliphatic carbocycles. The fraction of sp³-hybridized carbons (Fsp3) is 0.556. The van der Waals surface area contributed by atoms with E-state index in [2.05, 4.69) is 38.0 Å². The van der Waals surface area contributed by atoms with Crippen molar-refractivity contribution < 1.29 is 0 Å². The monoisotopic (exact) mass is 404 g/mol. The number of fused-ring (bicyclic) bond motifs is 1. The van der Waals surface area contributed by atoms with E-state index in [1.165, 1.54) is 11.5 Å². The number of aromatic amines is 1. The van der Waals surface area contributed by atoms with Gasteiger partial charge in [-0.1, -0.05) is 13.8 Å². The Morgan fingerprint density at radius 1 is 1.15 bits per heavy atom. The average Bonchev–Trinajstić information content (AvgIpc) is 3.22. The van der Waals surface area contributed by atoms with Gasteiger partial charge in [0.05, 0.1) is 11.9 Å². The summed E-state index contributed by atoms with van der Waals surface area (Å²) in [5.41, 5.74) is 1.02. The average molecular weight is 405 g/mol. The Kier molecular flexibility index (Phi) is 5.00. The third-order valence-corrected chi connectivity index (χ3v) is 6.94. The van der Waals surface area contributed by atoms with Gasteiger partial charge in [0, 0.05) is 48.5 Å². The first-order chi connectivity index (χ1) is 12.9. The van der Waals surface area contributed by atoms with E-state index < -0.39 is 0 Å². The molecule has 3 aromatic heterocycles. The molecule has 0 radical (unpaired) electrons. The molecule has 144 valence electrons. The van der Waals surface area contributed by atoms with Crippen LogP contribution in [0.2, 0.25) is 0 Å².